The summed E-state index contributed by atoms with van der Waals surface area (Å²) in [5.41, 5.74) is 6.27. The van der Waals surface area contributed by atoms with E-state index >= 15 is 0 Å². The molecule has 1 aliphatic heterocycles. The molecule has 1 heterocycles. The summed E-state index contributed by atoms with van der Waals surface area (Å²) in [7, 11) is 0. The summed E-state index contributed by atoms with van der Waals surface area (Å²) in [5.74, 6) is 0.226. The van der Waals surface area contributed by atoms with E-state index in [1.165, 1.54) is 18.9 Å². The molecule has 0 aromatic heterocycles. The summed E-state index contributed by atoms with van der Waals surface area (Å²) in [6.45, 7) is 13.7. The molecule has 4 nitrogen and oxygen atoms in total. The predicted octanol–water partition coefficient (Wildman–Crippen LogP) is 8.01. The van der Waals surface area contributed by atoms with Crippen LogP contribution in [0.2, 0.25) is 0 Å². The van der Waals surface area contributed by atoms with E-state index in [1.54, 1.807) is 24.8 Å². The van der Waals surface area contributed by atoms with Crippen LogP contribution in [-0.2, 0) is 4.79 Å². The highest BCUT2D eigenvalue weighted by Gasteiger charge is 2.29. The maximum absolute atomic E-state index is 14.4. The maximum Gasteiger partial charge on any atom is 0.259 e. The molecule has 36 heavy (non-hydrogen) atoms. The van der Waals surface area contributed by atoms with Gasteiger partial charge < -0.3 is 5.32 Å². The number of aliphatic imine (C=N–C) groups is 1. The molecule has 2 aliphatic rings. The van der Waals surface area contributed by atoms with Crippen molar-refractivity contribution >= 4 is 17.8 Å². The van der Waals surface area contributed by atoms with E-state index in [9.17, 15) is 9.18 Å². The number of allylic oxidation sites excluding steroid dienone is 7. The fourth-order valence-corrected chi connectivity index (χ4v) is 4.26. The van der Waals surface area contributed by atoms with Gasteiger partial charge in [-0.05, 0) is 107 Å². The Morgan fingerprint density at radius 2 is 1.94 bits per heavy atom. The smallest absolute Gasteiger partial charge is 0.259 e. The van der Waals surface area contributed by atoms with Gasteiger partial charge >= 0.3 is 0 Å². The quantitative estimate of drug-likeness (QED) is 0.282. The standard InChI is InChI=1S/C31H40FN3O/c1-8-21(5)30-16-14-26(24(9-2)18-33-28(10-3)25-12-13-25)19-35(30)31(36)22(6)23(7)34-29-15-11-20(4)17-27(29)32/h9,11,14-19,25,28,34H,8,10,12-13H2,1-7H3/b23-22+,24-9+,30-21?,33-18?. The number of amides is 1. The van der Waals surface area contributed by atoms with Gasteiger partial charge in [-0.3, -0.25) is 14.7 Å². The molecular weight excluding hydrogens is 449 g/mol. The number of aryl methyl sites for hydroxylation is 1. The van der Waals surface area contributed by atoms with Crippen LogP contribution in [0.15, 0.2) is 81.3 Å². The number of carbonyl (C=O) groups is 1. The molecule has 1 atom stereocenters. The first-order valence-corrected chi connectivity index (χ1v) is 13.0. The molecule has 1 aromatic carbocycles. The van der Waals surface area contributed by atoms with Crippen molar-refractivity contribution in [2.45, 2.75) is 80.2 Å². The van der Waals surface area contributed by atoms with Crippen molar-refractivity contribution in [3.63, 3.8) is 0 Å². The topological polar surface area (TPSA) is 44.7 Å². The van der Waals surface area contributed by atoms with Crippen molar-refractivity contribution in [1.29, 1.82) is 0 Å². The van der Waals surface area contributed by atoms with Crippen molar-refractivity contribution < 1.29 is 9.18 Å². The number of hydrogen-bond donors (Lipinski definition) is 1. The number of carbonyl (C=O) groups excluding carboxylic acids is 1. The number of halogens is 1. The van der Waals surface area contributed by atoms with Crippen LogP contribution in [-0.4, -0.2) is 23.1 Å². The second-order valence-corrected chi connectivity index (χ2v) is 9.81. The average Bonchev–Trinajstić information content (AvgIpc) is 3.72. The number of benzene rings is 1. The highest BCUT2D eigenvalue weighted by molar-refractivity contribution is 5.97. The number of anilines is 1. The highest BCUT2D eigenvalue weighted by Crippen LogP contribution is 2.36. The van der Waals surface area contributed by atoms with Gasteiger partial charge in [0, 0.05) is 29.4 Å². The molecule has 0 radical (unpaired) electrons. The molecule has 1 aromatic rings. The Hall–Kier alpha value is -3.21. The van der Waals surface area contributed by atoms with E-state index in [1.807, 2.05) is 51.4 Å². The van der Waals surface area contributed by atoms with Gasteiger partial charge in [0.05, 0.1) is 11.7 Å². The van der Waals surface area contributed by atoms with Crippen LogP contribution in [0.3, 0.4) is 0 Å². The lowest BCUT2D eigenvalue weighted by atomic mass is 10.0. The van der Waals surface area contributed by atoms with Crippen molar-refractivity contribution in [3.8, 4) is 0 Å². The third-order valence-electron chi connectivity index (χ3n) is 7.10. The first kappa shape index (κ1) is 27.4. The largest absolute Gasteiger partial charge is 0.356 e. The molecular formula is C31H40FN3O. The van der Waals surface area contributed by atoms with E-state index in [0.29, 0.717) is 28.9 Å². The van der Waals surface area contributed by atoms with Crippen molar-refractivity contribution in [3.05, 3.63) is 87.7 Å². The fraction of sp³-hybridized carbons (Fsp3) is 0.419. The molecule has 3 rings (SSSR count). The van der Waals surface area contributed by atoms with Gasteiger partial charge in [-0.1, -0.05) is 32.1 Å². The predicted molar refractivity (Wildman–Crippen MR) is 149 cm³/mol. The summed E-state index contributed by atoms with van der Waals surface area (Å²) >= 11 is 0. The Labute approximate surface area is 216 Å². The van der Waals surface area contributed by atoms with Gasteiger partial charge in [-0.15, -0.1) is 0 Å². The summed E-state index contributed by atoms with van der Waals surface area (Å²) in [6.07, 6.45) is 14.4. The average molecular weight is 490 g/mol. The molecule has 192 valence electrons. The van der Waals surface area contributed by atoms with Crippen molar-refractivity contribution in [2.75, 3.05) is 5.32 Å². The van der Waals surface area contributed by atoms with E-state index in [4.69, 9.17) is 4.99 Å². The molecule has 1 N–H and O–H groups in total. The van der Waals surface area contributed by atoms with Crippen LogP contribution in [0.25, 0.3) is 0 Å². The maximum atomic E-state index is 14.4. The van der Waals surface area contributed by atoms with Crippen LogP contribution < -0.4 is 5.32 Å². The van der Waals surface area contributed by atoms with Crippen molar-refractivity contribution in [1.82, 2.24) is 4.90 Å². The van der Waals surface area contributed by atoms with Gasteiger partial charge in [0.2, 0.25) is 0 Å². The zero-order valence-electron chi connectivity index (χ0n) is 22.8. The Balaban J connectivity index is 1.92. The minimum Gasteiger partial charge on any atom is -0.356 e. The molecule has 1 unspecified atom stereocenters. The Morgan fingerprint density at radius 3 is 2.53 bits per heavy atom. The number of rotatable bonds is 9. The molecule has 0 saturated heterocycles. The third kappa shape index (κ3) is 6.51. The summed E-state index contributed by atoms with van der Waals surface area (Å²) in [6, 6.07) is 5.39. The lowest BCUT2D eigenvalue weighted by molar-refractivity contribution is -0.123. The van der Waals surface area contributed by atoms with Gasteiger partial charge in [-0.2, -0.15) is 0 Å². The lowest BCUT2D eigenvalue weighted by Crippen LogP contribution is -2.29. The molecule has 0 bridgehead atoms. The van der Waals surface area contributed by atoms with Crippen molar-refractivity contribution in [2.24, 2.45) is 10.9 Å². The molecule has 5 heteroatoms. The van der Waals surface area contributed by atoms with E-state index in [0.717, 1.165) is 40.8 Å². The van der Waals surface area contributed by atoms with Gasteiger partial charge in [0.25, 0.3) is 5.91 Å². The Bertz CT molecular complexity index is 1180. The first-order chi connectivity index (χ1) is 17.2. The normalized spacial score (nSPS) is 19.3. The second kappa shape index (κ2) is 12.2. The molecule has 1 saturated carbocycles. The van der Waals surface area contributed by atoms with Crippen LogP contribution in [0.5, 0.6) is 0 Å². The van der Waals surface area contributed by atoms with E-state index < -0.39 is 0 Å². The fourth-order valence-electron chi connectivity index (χ4n) is 4.26. The summed E-state index contributed by atoms with van der Waals surface area (Å²) < 4.78 is 14.4. The SMILES string of the molecule is C/C=C(\C=NC(CC)C1CC1)C1=CN(C(=O)/C(C)=C(\C)Nc2ccc(C)cc2F)C(=C(C)CC)C=C1. The van der Waals surface area contributed by atoms with Crippen LogP contribution in [0.1, 0.15) is 72.8 Å². The molecule has 1 amide bonds. The minimum absolute atomic E-state index is 0.144. The summed E-state index contributed by atoms with van der Waals surface area (Å²) in [4.78, 5) is 20.3. The zero-order valence-corrected chi connectivity index (χ0v) is 22.8. The number of hydrogen-bond acceptors (Lipinski definition) is 3. The highest BCUT2D eigenvalue weighted by atomic mass is 19.1. The summed E-state index contributed by atoms with van der Waals surface area (Å²) in [5, 5.41) is 3.09. The lowest BCUT2D eigenvalue weighted by Gasteiger charge is -2.27. The van der Waals surface area contributed by atoms with Crippen LogP contribution in [0.4, 0.5) is 10.1 Å². The molecule has 0 spiro atoms. The Morgan fingerprint density at radius 1 is 1.22 bits per heavy atom. The monoisotopic (exact) mass is 489 g/mol. The van der Waals surface area contributed by atoms with Gasteiger partial charge in [0.1, 0.15) is 5.82 Å². The first-order valence-electron chi connectivity index (χ1n) is 13.0. The Kier molecular flexibility index (Phi) is 9.25. The van der Waals surface area contributed by atoms with Crippen LogP contribution in [0, 0.1) is 18.7 Å². The minimum atomic E-state index is -0.339. The van der Waals surface area contributed by atoms with E-state index in [-0.39, 0.29) is 11.7 Å². The number of nitrogens with one attached hydrogen (secondary N) is 1. The van der Waals surface area contributed by atoms with Gasteiger partial charge in [-0.25, -0.2) is 4.39 Å². The van der Waals surface area contributed by atoms with Crippen LogP contribution >= 0.6 is 0 Å². The number of nitrogens with zero attached hydrogens (tertiary/aromatic N) is 2. The van der Waals surface area contributed by atoms with Gasteiger partial charge in [0.15, 0.2) is 0 Å². The molecule has 1 aliphatic carbocycles. The zero-order chi connectivity index (χ0) is 26.4. The second-order valence-electron chi connectivity index (χ2n) is 9.81. The molecule has 1 fully saturated rings. The third-order valence-corrected chi connectivity index (χ3v) is 7.10. The van der Waals surface area contributed by atoms with E-state index in [2.05, 4.69) is 25.2 Å².